The molecule has 4 rings (SSSR count). The van der Waals surface area contributed by atoms with E-state index in [-0.39, 0.29) is 11.9 Å². The van der Waals surface area contributed by atoms with E-state index in [1.54, 1.807) is 24.3 Å². The Hall–Kier alpha value is -3.02. The van der Waals surface area contributed by atoms with Gasteiger partial charge >= 0.3 is 0 Å². The molecule has 1 amide bonds. The molecule has 4 aromatic rings. The number of halogens is 2. The molecular formula is C25H23Cl2N3O2. The van der Waals surface area contributed by atoms with Crippen LogP contribution in [0.25, 0.3) is 11.0 Å². The lowest BCUT2D eigenvalue weighted by Crippen LogP contribution is -2.29. The number of para-hydroxylation sites is 2. The maximum absolute atomic E-state index is 12.7. The molecule has 1 aromatic heterocycles. The molecule has 0 aliphatic rings. The van der Waals surface area contributed by atoms with Crippen molar-refractivity contribution >= 4 is 40.1 Å². The standard InChI is InChI=1S/C25H23Cl2N3O2/c1-16-14-20(10-11-21(16)27)32-13-12-30-23-9-4-3-8-22(23)29-24(30)17(2)28-25(31)18-6-5-7-19(26)15-18/h3-11,14-15,17H,12-13H2,1-2H3,(H,28,31). The van der Waals surface area contributed by atoms with E-state index < -0.39 is 0 Å². The third-order valence-electron chi connectivity index (χ3n) is 5.22. The van der Waals surface area contributed by atoms with E-state index in [0.29, 0.717) is 28.8 Å². The van der Waals surface area contributed by atoms with Crippen molar-refractivity contribution in [3.05, 3.63) is 93.7 Å². The number of aromatic nitrogens is 2. The number of nitrogens with zero attached hydrogens (tertiary/aromatic N) is 2. The van der Waals surface area contributed by atoms with E-state index in [1.807, 2.05) is 56.3 Å². The molecule has 3 aromatic carbocycles. The van der Waals surface area contributed by atoms with E-state index in [2.05, 4.69) is 9.88 Å². The minimum absolute atomic E-state index is 0.202. The third kappa shape index (κ3) is 4.90. The average Bonchev–Trinajstić information content (AvgIpc) is 3.15. The number of aryl methyl sites for hydroxylation is 1. The summed E-state index contributed by atoms with van der Waals surface area (Å²) >= 11 is 12.1. The van der Waals surface area contributed by atoms with Gasteiger partial charge in [0.25, 0.3) is 5.91 Å². The number of benzene rings is 3. The minimum Gasteiger partial charge on any atom is -0.492 e. The molecule has 0 aliphatic carbocycles. The van der Waals surface area contributed by atoms with Crippen molar-refractivity contribution in [2.45, 2.75) is 26.4 Å². The van der Waals surface area contributed by atoms with Crippen molar-refractivity contribution in [2.24, 2.45) is 0 Å². The summed E-state index contributed by atoms with van der Waals surface area (Å²) < 4.78 is 8.04. The van der Waals surface area contributed by atoms with Crippen molar-refractivity contribution < 1.29 is 9.53 Å². The summed E-state index contributed by atoms with van der Waals surface area (Å²) in [5, 5.41) is 4.26. The summed E-state index contributed by atoms with van der Waals surface area (Å²) in [6.07, 6.45) is 0. The van der Waals surface area contributed by atoms with Gasteiger partial charge in [0.15, 0.2) is 0 Å². The van der Waals surface area contributed by atoms with Gasteiger partial charge in [0.05, 0.1) is 23.6 Å². The van der Waals surface area contributed by atoms with E-state index in [1.165, 1.54) is 0 Å². The normalized spacial score (nSPS) is 12.0. The predicted octanol–water partition coefficient (Wildman–Crippen LogP) is 6.22. The number of nitrogens with one attached hydrogen (secondary N) is 1. The van der Waals surface area contributed by atoms with Crippen LogP contribution in [-0.4, -0.2) is 22.1 Å². The Balaban J connectivity index is 1.54. The molecule has 32 heavy (non-hydrogen) atoms. The molecule has 0 bridgehead atoms. The first-order chi connectivity index (χ1) is 15.4. The van der Waals surface area contributed by atoms with Gasteiger partial charge in [-0.2, -0.15) is 0 Å². The van der Waals surface area contributed by atoms with Crippen LogP contribution in [0, 0.1) is 6.92 Å². The monoisotopic (exact) mass is 467 g/mol. The van der Waals surface area contributed by atoms with Crippen LogP contribution in [0.3, 0.4) is 0 Å². The molecule has 0 saturated heterocycles. The Morgan fingerprint density at radius 1 is 1.09 bits per heavy atom. The fourth-order valence-corrected chi connectivity index (χ4v) is 3.90. The van der Waals surface area contributed by atoms with Crippen LogP contribution >= 0.6 is 23.2 Å². The molecule has 0 spiro atoms. The fraction of sp³-hybridized carbons (Fsp3) is 0.200. The second kappa shape index (κ2) is 9.63. The van der Waals surface area contributed by atoms with Crippen molar-refractivity contribution in [3.63, 3.8) is 0 Å². The van der Waals surface area contributed by atoms with Crippen LogP contribution in [0.1, 0.15) is 34.7 Å². The van der Waals surface area contributed by atoms with Gasteiger partial charge in [0.1, 0.15) is 18.2 Å². The summed E-state index contributed by atoms with van der Waals surface area (Å²) in [6, 6.07) is 20.1. The predicted molar refractivity (Wildman–Crippen MR) is 129 cm³/mol. The first-order valence-corrected chi connectivity index (χ1v) is 11.1. The Morgan fingerprint density at radius 2 is 1.91 bits per heavy atom. The minimum atomic E-state index is -0.313. The number of hydrogen-bond acceptors (Lipinski definition) is 3. The lowest BCUT2D eigenvalue weighted by molar-refractivity contribution is 0.0937. The van der Waals surface area contributed by atoms with Gasteiger partial charge in [0.2, 0.25) is 0 Å². The molecule has 1 unspecified atom stereocenters. The quantitative estimate of drug-likeness (QED) is 0.350. The Bertz CT molecular complexity index is 1270. The van der Waals surface area contributed by atoms with Gasteiger partial charge in [-0.1, -0.05) is 41.4 Å². The van der Waals surface area contributed by atoms with Gasteiger partial charge in [-0.05, 0) is 67.9 Å². The molecule has 0 aliphatic heterocycles. The average molecular weight is 468 g/mol. The highest BCUT2D eigenvalue weighted by Gasteiger charge is 2.19. The van der Waals surface area contributed by atoms with Gasteiger partial charge in [-0.25, -0.2) is 4.98 Å². The largest absolute Gasteiger partial charge is 0.492 e. The molecule has 164 valence electrons. The maximum Gasteiger partial charge on any atom is 0.251 e. The third-order valence-corrected chi connectivity index (χ3v) is 5.88. The van der Waals surface area contributed by atoms with Gasteiger partial charge in [0, 0.05) is 15.6 Å². The van der Waals surface area contributed by atoms with E-state index >= 15 is 0 Å². The Morgan fingerprint density at radius 3 is 2.69 bits per heavy atom. The number of imidazole rings is 1. The molecule has 1 atom stereocenters. The number of hydrogen-bond donors (Lipinski definition) is 1. The summed E-state index contributed by atoms with van der Waals surface area (Å²) in [5.41, 5.74) is 3.33. The van der Waals surface area contributed by atoms with E-state index in [9.17, 15) is 4.79 Å². The Labute approximate surface area is 196 Å². The highest BCUT2D eigenvalue weighted by Crippen LogP contribution is 2.23. The zero-order valence-corrected chi connectivity index (χ0v) is 19.3. The number of carbonyl (C=O) groups excluding carboxylic acids is 1. The fourth-order valence-electron chi connectivity index (χ4n) is 3.60. The summed E-state index contributed by atoms with van der Waals surface area (Å²) in [4.78, 5) is 17.5. The van der Waals surface area contributed by atoms with Gasteiger partial charge in [-0.15, -0.1) is 0 Å². The second-order valence-electron chi connectivity index (χ2n) is 7.58. The number of rotatable bonds is 7. The number of ether oxygens (including phenoxy) is 1. The first-order valence-electron chi connectivity index (χ1n) is 10.3. The molecule has 7 heteroatoms. The molecule has 5 nitrogen and oxygen atoms in total. The number of fused-ring (bicyclic) bond motifs is 1. The molecular weight excluding hydrogens is 445 g/mol. The summed E-state index contributed by atoms with van der Waals surface area (Å²) in [7, 11) is 0. The maximum atomic E-state index is 12.7. The molecule has 1 heterocycles. The molecule has 0 radical (unpaired) electrons. The molecule has 0 saturated carbocycles. The lowest BCUT2D eigenvalue weighted by Gasteiger charge is -2.17. The van der Waals surface area contributed by atoms with Crippen LogP contribution in [0.2, 0.25) is 10.0 Å². The van der Waals surface area contributed by atoms with Crippen LogP contribution < -0.4 is 10.1 Å². The number of amides is 1. The number of carbonyl (C=O) groups is 1. The summed E-state index contributed by atoms with van der Waals surface area (Å²) in [5.74, 6) is 1.32. The molecule has 0 fully saturated rings. The van der Waals surface area contributed by atoms with Crippen LogP contribution in [0.5, 0.6) is 5.75 Å². The van der Waals surface area contributed by atoms with E-state index in [4.69, 9.17) is 32.9 Å². The first kappa shape index (κ1) is 22.2. The molecule has 1 N–H and O–H groups in total. The van der Waals surface area contributed by atoms with Gasteiger partial charge < -0.3 is 14.6 Å². The highest BCUT2D eigenvalue weighted by molar-refractivity contribution is 6.31. The highest BCUT2D eigenvalue weighted by atomic mass is 35.5. The van der Waals surface area contributed by atoms with Crippen molar-refractivity contribution in [1.29, 1.82) is 0 Å². The van der Waals surface area contributed by atoms with Crippen molar-refractivity contribution in [1.82, 2.24) is 14.9 Å². The second-order valence-corrected chi connectivity index (χ2v) is 8.42. The van der Waals surface area contributed by atoms with Crippen molar-refractivity contribution in [2.75, 3.05) is 6.61 Å². The van der Waals surface area contributed by atoms with E-state index in [0.717, 1.165) is 28.2 Å². The van der Waals surface area contributed by atoms with Crippen LogP contribution in [0.15, 0.2) is 66.7 Å². The van der Waals surface area contributed by atoms with Crippen molar-refractivity contribution in [3.8, 4) is 5.75 Å². The van der Waals surface area contributed by atoms with Crippen LogP contribution in [0.4, 0.5) is 0 Å². The van der Waals surface area contributed by atoms with Gasteiger partial charge in [-0.3, -0.25) is 4.79 Å². The lowest BCUT2D eigenvalue weighted by atomic mass is 10.2. The smallest absolute Gasteiger partial charge is 0.251 e. The van der Waals surface area contributed by atoms with Crippen LogP contribution in [-0.2, 0) is 6.54 Å². The zero-order chi connectivity index (χ0) is 22.7. The zero-order valence-electron chi connectivity index (χ0n) is 17.8. The topological polar surface area (TPSA) is 56.1 Å². The summed E-state index contributed by atoms with van der Waals surface area (Å²) in [6.45, 7) is 4.89. The SMILES string of the molecule is Cc1cc(OCCn2c(C(C)NC(=O)c3cccc(Cl)c3)nc3ccccc32)ccc1Cl. The Kier molecular flexibility index (Phi) is 6.68.